The van der Waals surface area contributed by atoms with Crippen molar-refractivity contribution < 1.29 is 19.1 Å². The molecule has 2 spiro atoms. The van der Waals surface area contributed by atoms with Gasteiger partial charge in [-0.15, -0.1) is 0 Å². The maximum absolute atomic E-state index is 12.3. The van der Waals surface area contributed by atoms with Gasteiger partial charge in [0, 0.05) is 85.7 Å². The van der Waals surface area contributed by atoms with Crippen molar-refractivity contribution in [3.8, 4) is 45.4 Å². The van der Waals surface area contributed by atoms with E-state index >= 15 is 0 Å². The van der Waals surface area contributed by atoms with Gasteiger partial charge in [0.2, 0.25) is 23.6 Å². The zero-order valence-corrected chi connectivity index (χ0v) is 29.5. The molecular weight excluding hydrogens is 675 g/mol. The molecule has 0 atom stereocenters. The maximum atomic E-state index is 12.3. The van der Waals surface area contributed by atoms with Crippen molar-refractivity contribution in [3.63, 3.8) is 0 Å². The van der Waals surface area contributed by atoms with E-state index in [1.165, 1.54) is 0 Å². The molecule has 2 aromatic heterocycles. The fourth-order valence-electron chi connectivity index (χ4n) is 8.07. The summed E-state index contributed by atoms with van der Waals surface area (Å²) in [5.41, 5.74) is 5.85. The lowest BCUT2D eigenvalue weighted by atomic mass is 9.78. The molecular formula is C38H38Cl2N6O4. The molecule has 2 aromatic carbocycles. The second-order valence-electron chi connectivity index (χ2n) is 13.9. The first-order chi connectivity index (χ1) is 24.2. The van der Waals surface area contributed by atoms with Crippen LogP contribution in [0.5, 0.6) is 11.8 Å². The van der Waals surface area contributed by atoms with Gasteiger partial charge in [-0.3, -0.25) is 19.4 Å². The largest absolute Gasteiger partial charge is 0.481 e. The quantitative estimate of drug-likeness (QED) is 0.236. The van der Waals surface area contributed by atoms with E-state index < -0.39 is 0 Å². The van der Waals surface area contributed by atoms with Gasteiger partial charge in [-0.1, -0.05) is 71.7 Å². The summed E-state index contributed by atoms with van der Waals surface area (Å²) in [7, 11) is 3.24. The Hall–Kier alpha value is -4.22. The number of carbonyl (C=O) groups excluding carboxylic acids is 2. The van der Waals surface area contributed by atoms with E-state index in [-0.39, 0.29) is 22.6 Å². The molecule has 2 N–H and O–H groups in total. The van der Waals surface area contributed by atoms with Gasteiger partial charge in [0.25, 0.3) is 0 Å². The average molecular weight is 714 g/mol. The summed E-state index contributed by atoms with van der Waals surface area (Å²) in [5.74, 6) is 1.39. The lowest BCUT2D eigenvalue weighted by molar-refractivity contribution is -0.138. The highest BCUT2D eigenvalue weighted by Crippen LogP contribution is 2.44. The number of nitrogens with one attached hydrogen (secondary N) is 2. The van der Waals surface area contributed by atoms with E-state index in [0.717, 1.165) is 85.5 Å². The highest BCUT2D eigenvalue weighted by Gasteiger charge is 2.52. The van der Waals surface area contributed by atoms with Crippen molar-refractivity contribution in [1.82, 2.24) is 30.4 Å². The van der Waals surface area contributed by atoms with E-state index in [4.69, 9.17) is 42.6 Å². The van der Waals surface area contributed by atoms with Crippen LogP contribution in [-0.2, 0) is 22.7 Å². The predicted octanol–water partition coefficient (Wildman–Crippen LogP) is 5.45. The minimum Gasteiger partial charge on any atom is -0.481 e. The zero-order chi connectivity index (χ0) is 34.6. The number of ether oxygens (including phenoxy) is 2. The van der Waals surface area contributed by atoms with Gasteiger partial charge in [-0.2, -0.15) is 0 Å². The van der Waals surface area contributed by atoms with Crippen LogP contribution in [0, 0.1) is 10.8 Å². The molecule has 12 heteroatoms. The zero-order valence-electron chi connectivity index (χ0n) is 28.0. The first-order valence-corrected chi connectivity index (χ1v) is 17.7. The van der Waals surface area contributed by atoms with Crippen LogP contribution in [0.15, 0.2) is 60.7 Å². The number of pyridine rings is 2. The van der Waals surface area contributed by atoms with Crippen molar-refractivity contribution in [2.24, 2.45) is 10.8 Å². The molecule has 0 saturated carbocycles. The average Bonchev–Trinajstić information content (AvgIpc) is 3.67. The molecule has 4 aliphatic heterocycles. The number of nitrogens with zero attached hydrogens (tertiary/aromatic N) is 4. The summed E-state index contributed by atoms with van der Waals surface area (Å²) >= 11 is 14.2. The van der Waals surface area contributed by atoms with Crippen LogP contribution in [-0.4, -0.2) is 85.1 Å². The third-order valence-corrected chi connectivity index (χ3v) is 11.6. The van der Waals surface area contributed by atoms with Crippen LogP contribution in [0.4, 0.5) is 0 Å². The summed E-state index contributed by atoms with van der Waals surface area (Å²) in [6, 6.07) is 19.6. The minimum atomic E-state index is -0.243. The van der Waals surface area contributed by atoms with E-state index in [2.05, 4.69) is 20.4 Å². The van der Waals surface area contributed by atoms with Crippen LogP contribution < -0.4 is 20.1 Å². The third-order valence-electron chi connectivity index (χ3n) is 10.7. The van der Waals surface area contributed by atoms with E-state index in [9.17, 15) is 9.59 Å². The molecule has 0 aliphatic carbocycles. The Kier molecular flexibility index (Phi) is 8.46. The topological polar surface area (TPSA) is 109 Å². The first-order valence-electron chi connectivity index (χ1n) is 16.9. The minimum absolute atomic E-state index is 0.163. The fraction of sp³-hybridized carbons (Fsp3) is 0.368. The molecule has 0 radical (unpaired) electrons. The van der Waals surface area contributed by atoms with Gasteiger partial charge in [0.1, 0.15) is 0 Å². The van der Waals surface area contributed by atoms with Crippen LogP contribution in [0.25, 0.3) is 33.6 Å². The molecule has 50 heavy (non-hydrogen) atoms. The van der Waals surface area contributed by atoms with Crippen molar-refractivity contribution in [2.75, 3.05) is 53.5 Å². The standard InChI is InChI=1S/C38H38Cl2N6O4/c1-49-33-23(17-45-19-37(20-45)13-15-41-35(37)47)9-11-29(43-33)27-7-3-5-25(31(27)39)26-6-4-8-28(32(26)40)30-12-10-24(34(44-30)50-2)18-46-21-38(22-46)14-16-42-36(38)48/h3-12H,13-22H2,1-2H3,(H,41,47)(H,42,48). The smallest absolute Gasteiger partial charge is 0.228 e. The van der Waals surface area contributed by atoms with Crippen molar-refractivity contribution >= 4 is 35.0 Å². The van der Waals surface area contributed by atoms with Gasteiger partial charge < -0.3 is 20.1 Å². The lowest BCUT2D eigenvalue weighted by Gasteiger charge is -2.46. The number of halogens is 2. The molecule has 6 heterocycles. The number of benzene rings is 2. The highest BCUT2D eigenvalue weighted by molar-refractivity contribution is 6.39. The number of amides is 2. The number of methoxy groups -OCH3 is 2. The van der Waals surface area contributed by atoms with Crippen molar-refractivity contribution in [3.05, 3.63) is 81.8 Å². The number of likely N-dealkylation sites (tertiary alicyclic amines) is 2. The Morgan fingerprint density at radius 3 is 1.40 bits per heavy atom. The number of aromatic nitrogens is 2. The SMILES string of the molecule is COc1nc(-c2cccc(-c3cccc(-c4ccc(CN5CC6(CCNC6=O)C5)c(OC)n4)c3Cl)c2Cl)ccc1CN1CC2(CCNC2=O)C1. The van der Waals surface area contributed by atoms with E-state index in [0.29, 0.717) is 46.3 Å². The summed E-state index contributed by atoms with van der Waals surface area (Å²) in [5, 5.41) is 6.97. The Bertz CT molecular complexity index is 1870. The van der Waals surface area contributed by atoms with Gasteiger partial charge in [0.05, 0.1) is 46.5 Å². The van der Waals surface area contributed by atoms with Crippen LogP contribution in [0.1, 0.15) is 24.0 Å². The fourth-order valence-corrected chi connectivity index (χ4v) is 8.72. The second-order valence-corrected chi connectivity index (χ2v) is 14.7. The van der Waals surface area contributed by atoms with Crippen LogP contribution in [0.2, 0.25) is 10.0 Å². The van der Waals surface area contributed by atoms with Gasteiger partial charge >= 0.3 is 0 Å². The molecule has 0 unspecified atom stereocenters. The van der Waals surface area contributed by atoms with Crippen molar-refractivity contribution in [1.29, 1.82) is 0 Å². The molecule has 0 bridgehead atoms. The van der Waals surface area contributed by atoms with Crippen LogP contribution in [0.3, 0.4) is 0 Å². The molecule has 4 fully saturated rings. The number of hydrogen-bond donors (Lipinski definition) is 2. The Labute approximate surface area is 301 Å². The molecule has 8 rings (SSSR count). The molecule has 2 amide bonds. The lowest BCUT2D eigenvalue weighted by Crippen LogP contribution is -2.59. The van der Waals surface area contributed by atoms with E-state index in [1.54, 1.807) is 14.2 Å². The predicted molar refractivity (Wildman–Crippen MR) is 192 cm³/mol. The van der Waals surface area contributed by atoms with Gasteiger partial charge in [-0.25, -0.2) is 9.97 Å². The Morgan fingerprint density at radius 2 is 1.04 bits per heavy atom. The third kappa shape index (κ3) is 5.58. The molecule has 4 aromatic rings. The monoisotopic (exact) mass is 712 g/mol. The molecule has 258 valence electrons. The molecule has 10 nitrogen and oxygen atoms in total. The molecule has 4 aliphatic rings. The maximum Gasteiger partial charge on any atom is 0.228 e. The summed E-state index contributed by atoms with van der Waals surface area (Å²) in [6.07, 6.45) is 1.77. The van der Waals surface area contributed by atoms with E-state index in [1.807, 2.05) is 60.7 Å². The molecule has 4 saturated heterocycles. The normalized spacial score (nSPS) is 19.3. The van der Waals surface area contributed by atoms with Gasteiger partial charge in [-0.05, 0) is 25.0 Å². The number of hydrogen-bond acceptors (Lipinski definition) is 8. The summed E-state index contributed by atoms with van der Waals surface area (Å²) in [4.78, 5) is 38.8. The van der Waals surface area contributed by atoms with Crippen LogP contribution >= 0.6 is 23.2 Å². The van der Waals surface area contributed by atoms with Crippen molar-refractivity contribution in [2.45, 2.75) is 25.9 Å². The summed E-state index contributed by atoms with van der Waals surface area (Å²) < 4.78 is 11.4. The second kappa shape index (κ2) is 12.8. The Balaban J connectivity index is 1.02. The highest BCUT2D eigenvalue weighted by atomic mass is 35.5. The number of rotatable bonds is 9. The Morgan fingerprint density at radius 1 is 0.640 bits per heavy atom. The number of carbonyl (C=O) groups is 2. The summed E-state index contributed by atoms with van der Waals surface area (Å²) in [6.45, 7) is 5.77. The van der Waals surface area contributed by atoms with Gasteiger partial charge in [0.15, 0.2) is 0 Å². The first kappa shape index (κ1) is 33.0.